The molecule has 4 N–H and O–H groups in total. The summed E-state index contributed by atoms with van der Waals surface area (Å²) >= 11 is 0. The predicted molar refractivity (Wildman–Crippen MR) is 152 cm³/mol. The van der Waals surface area contributed by atoms with Crippen LogP contribution >= 0.6 is 0 Å². The second kappa shape index (κ2) is 11.9. The topological polar surface area (TPSA) is 245 Å². The van der Waals surface area contributed by atoms with E-state index < -0.39 is 23.8 Å². The molecule has 0 aliphatic carbocycles. The zero-order chi connectivity index (χ0) is 31.5. The molecule has 4 aromatic heterocycles. The van der Waals surface area contributed by atoms with Crippen molar-refractivity contribution in [2.75, 3.05) is 10.6 Å². The number of hydrogen-bond donors (Lipinski definition) is 4. The Hall–Kier alpha value is -6.72. The molecule has 0 aliphatic heterocycles. The summed E-state index contributed by atoms with van der Waals surface area (Å²) in [6, 6.07) is 15.1. The smallest absolute Gasteiger partial charge is 0.337 e. The number of nitrogens with zero attached hydrogens (tertiary/aromatic N) is 10. The van der Waals surface area contributed by atoms with Gasteiger partial charge >= 0.3 is 11.9 Å². The zero-order valence-electron chi connectivity index (χ0n) is 22.9. The third-order valence-corrected chi connectivity index (χ3v) is 6.66. The van der Waals surface area contributed by atoms with Crippen molar-refractivity contribution < 1.29 is 29.4 Å². The third-order valence-electron chi connectivity index (χ3n) is 6.66. The Morgan fingerprint density at radius 3 is 1.49 bits per heavy atom. The highest BCUT2D eigenvalue weighted by atomic mass is 16.4. The largest absolute Gasteiger partial charge is 0.478 e. The molecule has 18 heteroatoms. The quantitative estimate of drug-likeness (QED) is 0.172. The molecule has 2 aromatic carbocycles. The normalized spacial score (nSPS) is 11.0. The number of carboxylic acid groups (broad SMARTS) is 2. The first-order valence-corrected chi connectivity index (χ1v) is 13.2. The van der Waals surface area contributed by atoms with Crippen molar-refractivity contribution in [3.05, 3.63) is 94.3 Å². The number of amides is 2. The Balaban J connectivity index is 1.14. The summed E-state index contributed by atoms with van der Waals surface area (Å²) in [7, 11) is 0. The molecular formula is C27H20N12O6. The molecule has 0 fully saturated rings. The molecule has 0 saturated heterocycles. The minimum absolute atomic E-state index is 0.0176. The molecule has 18 nitrogen and oxygen atoms in total. The first kappa shape index (κ1) is 28.4. The summed E-state index contributed by atoms with van der Waals surface area (Å²) in [4.78, 5) is 49.4. The molecule has 6 aromatic rings. The Labute approximate surface area is 250 Å². The molecule has 0 spiro atoms. The van der Waals surface area contributed by atoms with Crippen molar-refractivity contribution in [3.63, 3.8) is 0 Å². The molecule has 0 unspecified atom stereocenters. The molecule has 4 heterocycles. The number of benzene rings is 2. The number of aromatic nitrogens is 10. The average Bonchev–Trinajstić information content (AvgIpc) is 3.70. The molecule has 6 rings (SSSR count). The van der Waals surface area contributed by atoms with Gasteiger partial charge in [0.25, 0.3) is 11.8 Å². The number of aryl methyl sites for hydroxylation is 2. The van der Waals surface area contributed by atoms with Crippen molar-refractivity contribution in [2.45, 2.75) is 19.3 Å². The summed E-state index contributed by atoms with van der Waals surface area (Å²) < 4.78 is 2.16. The molecule has 45 heavy (non-hydrogen) atoms. The predicted octanol–water partition coefficient (Wildman–Crippen LogP) is 1.43. The van der Waals surface area contributed by atoms with Crippen LogP contribution in [0.3, 0.4) is 0 Å². The molecule has 0 atom stereocenters. The standard InChI is InChI=1S/C27H20N12O6/c40-24(18-8-10-22-30-34-36-38(22)32-18)28-20-12-14(4-6-16(20)26(42)43)2-1-3-15-5-7-17(27(44)45)21(13-15)29-25(41)19-9-11-23-31-35-37-39(23)33-19/h4-13H,1-3H2,(H,28,40)(H,29,41)(H,42,43)(H,44,45). The minimum atomic E-state index is -1.22. The van der Waals surface area contributed by atoms with E-state index in [0.29, 0.717) is 30.6 Å². The maximum atomic E-state index is 12.9. The van der Waals surface area contributed by atoms with Gasteiger partial charge in [0.1, 0.15) is 0 Å². The summed E-state index contributed by atoms with van der Waals surface area (Å²) in [6.45, 7) is 0. The van der Waals surface area contributed by atoms with Crippen LogP contribution in [0.4, 0.5) is 11.4 Å². The SMILES string of the molecule is O=C(Nc1cc(CCCc2ccc(C(=O)O)c(NC(=O)c3ccc4nnnn4n3)c2)ccc1C(=O)O)c1ccc2nnnn2n1. The van der Waals surface area contributed by atoms with E-state index in [0.717, 1.165) is 20.4 Å². The number of carboxylic acids is 2. The average molecular weight is 609 g/mol. The maximum absolute atomic E-state index is 12.9. The van der Waals surface area contributed by atoms with Crippen LogP contribution in [0, 0.1) is 0 Å². The van der Waals surface area contributed by atoms with Gasteiger partial charge in [-0.05, 0) is 99.8 Å². The number of fused-ring (bicyclic) bond motifs is 2. The lowest BCUT2D eigenvalue weighted by Gasteiger charge is -2.12. The second-order valence-electron chi connectivity index (χ2n) is 9.62. The molecular weight excluding hydrogens is 588 g/mol. The van der Waals surface area contributed by atoms with Crippen LogP contribution in [0.25, 0.3) is 11.3 Å². The van der Waals surface area contributed by atoms with Gasteiger partial charge in [-0.15, -0.1) is 29.7 Å². The van der Waals surface area contributed by atoms with Crippen molar-refractivity contribution in [1.82, 2.24) is 50.5 Å². The molecule has 0 aliphatic rings. The van der Waals surface area contributed by atoms with Crippen LogP contribution in [0.15, 0.2) is 60.7 Å². The van der Waals surface area contributed by atoms with Crippen LogP contribution in [0.2, 0.25) is 0 Å². The molecule has 224 valence electrons. The lowest BCUT2D eigenvalue weighted by Crippen LogP contribution is -2.18. The number of carbonyl (C=O) groups is 4. The van der Waals surface area contributed by atoms with E-state index in [1.807, 2.05) is 0 Å². The van der Waals surface area contributed by atoms with Crippen molar-refractivity contribution in [1.29, 1.82) is 0 Å². The van der Waals surface area contributed by atoms with Crippen LogP contribution < -0.4 is 10.6 Å². The van der Waals surface area contributed by atoms with Gasteiger partial charge in [0.2, 0.25) is 0 Å². The molecule has 0 bridgehead atoms. The third kappa shape index (κ3) is 6.09. The minimum Gasteiger partial charge on any atom is -0.478 e. The Morgan fingerprint density at radius 2 is 1.07 bits per heavy atom. The summed E-state index contributed by atoms with van der Waals surface area (Å²) in [5.74, 6) is -3.73. The summed E-state index contributed by atoms with van der Waals surface area (Å²) in [5, 5.41) is 54.3. The highest BCUT2D eigenvalue weighted by Crippen LogP contribution is 2.23. The zero-order valence-corrected chi connectivity index (χ0v) is 22.9. The van der Waals surface area contributed by atoms with Gasteiger partial charge < -0.3 is 20.8 Å². The number of aromatic carboxylic acids is 2. The number of rotatable bonds is 10. The lowest BCUT2D eigenvalue weighted by atomic mass is 10.00. The highest BCUT2D eigenvalue weighted by Gasteiger charge is 2.18. The van der Waals surface area contributed by atoms with E-state index in [9.17, 15) is 29.4 Å². The van der Waals surface area contributed by atoms with Crippen LogP contribution in [-0.4, -0.2) is 84.5 Å². The number of tetrazole rings is 2. The van der Waals surface area contributed by atoms with Gasteiger partial charge in [0, 0.05) is 0 Å². The van der Waals surface area contributed by atoms with Crippen LogP contribution in [0.1, 0.15) is 59.2 Å². The van der Waals surface area contributed by atoms with Crippen molar-refractivity contribution in [3.8, 4) is 0 Å². The monoisotopic (exact) mass is 608 g/mol. The van der Waals surface area contributed by atoms with E-state index >= 15 is 0 Å². The number of anilines is 2. The summed E-state index contributed by atoms with van der Waals surface area (Å²) in [6.07, 6.45) is 1.57. The fraction of sp³-hybridized carbons (Fsp3) is 0.111. The maximum Gasteiger partial charge on any atom is 0.337 e. The van der Waals surface area contributed by atoms with E-state index in [1.165, 1.54) is 36.4 Å². The molecule has 0 saturated carbocycles. The first-order chi connectivity index (χ1) is 21.7. The van der Waals surface area contributed by atoms with Crippen molar-refractivity contribution in [2.24, 2.45) is 0 Å². The van der Waals surface area contributed by atoms with Crippen LogP contribution in [0.5, 0.6) is 0 Å². The lowest BCUT2D eigenvalue weighted by molar-refractivity contribution is 0.0687. The number of carbonyl (C=O) groups excluding carboxylic acids is 2. The van der Waals surface area contributed by atoms with E-state index in [2.05, 4.69) is 51.9 Å². The van der Waals surface area contributed by atoms with Gasteiger partial charge in [-0.2, -0.15) is 0 Å². The van der Waals surface area contributed by atoms with Gasteiger partial charge in [-0.25, -0.2) is 9.59 Å². The summed E-state index contributed by atoms with van der Waals surface area (Å²) in [5.41, 5.74) is 2.12. The number of hydrogen-bond acceptors (Lipinski definition) is 12. The van der Waals surface area contributed by atoms with E-state index in [4.69, 9.17) is 0 Å². The fourth-order valence-corrected chi connectivity index (χ4v) is 4.48. The Bertz CT molecular complexity index is 1970. The molecule has 0 radical (unpaired) electrons. The van der Waals surface area contributed by atoms with Gasteiger partial charge in [-0.1, -0.05) is 12.1 Å². The fourth-order valence-electron chi connectivity index (χ4n) is 4.48. The Kier molecular flexibility index (Phi) is 7.50. The first-order valence-electron chi connectivity index (χ1n) is 13.2. The van der Waals surface area contributed by atoms with E-state index in [-0.39, 0.29) is 33.9 Å². The van der Waals surface area contributed by atoms with E-state index in [1.54, 1.807) is 24.3 Å². The Morgan fingerprint density at radius 1 is 0.622 bits per heavy atom. The second-order valence-corrected chi connectivity index (χ2v) is 9.62. The van der Waals surface area contributed by atoms with Gasteiger partial charge in [-0.3, -0.25) is 9.59 Å². The number of nitrogens with one attached hydrogen (secondary N) is 2. The molecule has 2 amide bonds. The van der Waals surface area contributed by atoms with Crippen LogP contribution in [-0.2, 0) is 12.8 Å². The van der Waals surface area contributed by atoms with Crippen molar-refractivity contribution >= 4 is 46.4 Å². The van der Waals surface area contributed by atoms with Gasteiger partial charge in [0.15, 0.2) is 22.7 Å². The highest BCUT2D eigenvalue weighted by molar-refractivity contribution is 6.07. The van der Waals surface area contributed by atoms with Gasteiger partial charge in [0.05, 0.1) is 22.5 Å².